The first kappa shape index (κ1) is 18.4. The van der Waals surface area contributed by atoms with Crippen LogP contribution in [-0.2, 0) is 16.4 Å². The second-order valence-electron chi connectivity index (χ2n) is 6.39. The first-order valence-electron chi connectivity index (χ1n) is 8.46. The quantitative estimate of drug-likeness (QED) is 0.665. The van der Waals surface area contributed by atoms with Crippen molar-refractivity contribution in [1.82, 2.24) is 3.97 Å². The van der Waals surface area contributed by atoms with Crippen molar-refractivity contribution in [2.24, 2.45) is 0 Å². The van der Waals surface area contributed by atoms with Crippen LogP contribution in [0.2, 0.25) is 0 Å². The second-order valence-corrected chi connectivity index (χ2v) is 8.17. The van der Waals surface area contributed by atoms with Crippen LogP contribution in [0.5, 0.6) is 5.75 Å². The van der Waals surface area contributed by atoms with Gasteiger partial charge < -0.3 is 4.74 Å². The van der Waals surface area contributed by atoms with E-state index in [0.717, 1.165) is 16.1 Å². The van der Waals surface area contributed by atoms with E-state index in [1.807, 2.05) is 0 Å². The third-order valence-electron chi connectivity index (χ3n) is 4.73. The number of Topliss-reactive ketones (excluding diaryl/α,β-unsaturated/α-hetero) is 1. The van der Waals surface area contributed by atoms with E-state index in [1.54, 1.807) is 6.07 Å². The van der Waals surface area contributed by atoms with Crippen molar-refractivity contribution < 1.29 is 26.7 Å². The average molecular weight is 403 g/mol. The molecule has 0 fully saturated rings. The molecule has 0 saturated carbocycles. The number of aromatic nitrogens is 1. The van der Waals surface area contributed by atoms with Gasteiger partial charge in [0.25, 0.3) is 10.0 Å². The predicted molar refractivity (Wildman–Crippen MR) is 98.0 cm³/mol. The van der Waals surface area contributed by atoms with Crippen LogP contribution >= 0.6 is 0 Å². The molecular formula is C20H15F2NO4S. The molecule has 0 unspecified atom stereocenters. The molecule has 0 spiro atoms. The highest BCUT2D eigenvalue weighted by molar-refractivity contribution is 7.90. The minimum atomic E-state index is -4.16. The standard InChI is InChI=1S/C20H15F2NO4S/c1-27-13-3-2-4-14(10-13)28(25,26)23-18-7-8-20(24)16(18)11-19(23)15-6-5-12(21)9-17(15)22/h2-6,9-11H,7-8H2,1H3. The van der Waals surface area contributed by atoms with E-state index in [4.69, 9.17) is 4.74 Å². The maximum Gasteiger partial charge on any atom is 0.268 e. The lowest BCUT2D eigenvalue weighted by molar-refractivity contribution is 0.0994. The van der Waals surface area contributed by atoms with Crippen LogP contribution in [0.15, 0.2) is 53.4 Å². The molecule has 0 saturated heterocycles. The minimum Gasteiger partial charge on any atom is -0.497 e. The molecule has 1 aliphatic rings. The number of methoxy groups -OCH3 is 1. The number of carbonyl (C=O) groups excluding carboxylic acids is 1. The molecule has 1 aromatic heterocycles. The SMILES string of the molecule is COc1cccc(S(=O)(=O)n2c(-c3ccc(F)cc3F)cc3c2CCC3=O)c1. The van der Waals surface area contributed by atoms with Crippen LogP contribution in [0.3, 0.4) is 0 Å². The van der Waals surface area contributed by atoms with Gasteiger partial charge in [-0.15, -0.1) is 0 Å². The van der Waals surface area contributed by atoms with Crippen molar-refractivity contribution in [3.63, 3.8) is 0 Å². The number of hydrogen-bond acceptors (Lipinski definition) is 4. The van der Waals surface area contributed by atoms with Gasteiger partial charge in [-0.2, -0.15) is 0 Å². The monoisotopic (exact) mass is 403 g/mol. The van der Waals surface area contributed by atoms with Crippen LogP contribution in [-0.4, -0.2) is 25.3 Å². The lowest BCUT2D eigenvalue weighted by Crippen LogP contribution is -2.17. The van der Waals surface area contributed by atoms with Crippen LogP contribution in [0.4, 0.5) is 8.78 Å². The third-order valence-corrected chi connectivity index (χ3v) is 6.48. The molecule has 0 N–H and O–H groups in total. The number of nitrogens with zero attached hydrogens (tertiary/aromatic N) is 1. The molecular weight excluding hydrogens is 388 g/mol. The summed E-state index contributed by atoms with van der Waals surface area (Å²) < 4.78 is 60.7. The number of ether oxygens (including phenoxy) is 1. The number of rotatable bonds is 4. The number of hydrogen-bond donors (Lipinski definition) is 0. The number of benzene rings is 2. The summed E-state index contributed by atoms with van der Waals surface area (Å²) in [5.74, 6) is -1.56. The normalized spacial score (nSPS) is 13.6. The van der Waals surface area contributed by atoms with E-state index in [-0.39, 0.29) is 40.3 Å². The molecule has 1 heterocycles. The molecule has 0 atom stereocenters. The van der Waals surface area contributed by atoms with Crippen molar-refractivity contribution >= 4 is 15.8 Å². The largest absolute Gasteiger partial charge is 0.497 e. The highest BCUT2D eigenvalue weighted by Crippen LogP contribution is 2.36. The zero-order valence-electron chi connectivity index (χ0n) is 14.8. The van der Waals surface area contributed by atoms with Crippen molar-refractivity contribution in [2.45, 2.75) is 17.7 Å². The van der Waals surface area contributed by atoms with E-state index >= 15 is 0 Å². The Morgan fingerprint density at radius 3 is 2.50 bits per heavy atom. The minimum absolute atomic E-state index is 0.0154. The zero-order chi connectivity index (χ0) is 20.1. The van der Waals surface area contributed by atoms with E-state index in [1.165, 1.54) is 31.4 Å². The average Bonchev–Trinajstić information content (AvgIpc) is 3.22. The van der Waals surface area contributed by atoms with Crippen LogP contribution in [0.1, 0.15) is 22.5 Å². The van der Waals surface area contributed by atoms with Crippen molar-refractivity contribution in [1.29, 1.82) is 0 Å². The van der Waals surface area contributed by atoms with Crippen LogP contribution < -0.4 is 4.74 Å². The molecule has 28 heavy (non-hydrogen) atoms. The lowest BCUT2D eigenvalue weighted by Gasteiger charge is -2.15. The molecule has 0 radical (unpaired) electrons. The van der Waals surface area contributed by atoms with Gasteiger partial charge in [0.1, 0.15) is 17.4 Å². The molecule has 2 aromatic carbocycles. The topological polar surface area (TPSA) is 65.4 Å². The summed E-state index contributed by atoms with van der Waals surface area (Å²) in [5, 5.41) is 0. The van der Waals surface area contributed by atoms with Gasteiger partial charge in [-0.1, -0.05) is 6.07 Å². The Balaban J connectivity index is 2.00. The summed E-state index contributed by atoms with van der Waals surface area (Å²) in [4.78, 5) is 12.1. The smallest absolute Gasteiger partial charge is 0.268 e. The fourth-order valence-electron chi connectivity index (χ4n) is 3.40. The van der Waals surface area contributed by atoms with Gasteiger partial charge in [-0.3, -0.25) is 4.79 Å². The fraction of sp³-hybridized carbons (Fsp3) is 0.150. The highest BCUT2D eigenvalue weighted by atomic mass is 32.2. The molecule has 1 aliphatic carbocycles. The van der Waals surface area contributed by atoms with Gasteiger partial charge >= 0.3 is 0 Å². The molecule has 5 nitrogen and oxygen atoms in total. The maximum atomic E-state index is 14.4. The second kappa shape index (κ2) is 6.56. The molecule has 3 aromatic rings. The molecule has 144 valence electrons. The molecule has 0 aliphatic heterocycles. The fourth-order valence-corrected chi connectivity index (χ4v) is 5.02. The Kier molecular flexibility index (Phi) is 4.30. The Morgan fingerprint density at radius 2 is 1.79 bits per heavy atom. The number of fused-ring (bicyclic) bond motifs is 1. The Bertz CT molecular complexity index is 1210. The predicted octanol–water partition coefficient (Wildman–Crippen LogP) is 3.81. The first-order chi connectivity index (χ1) is 13.3. The summed E-state index contributed by atoms with van der Waals surface area (Å²) in [6.07, 6.45) is 0.407. The number of carbonyl (C=O) groups is 1. The molecule has 0 bridgehead atoms. The van der Waals surface area contributed by atoms with Gasteiger partial charge in [0, 0.05) is 35.4 Å². The third kappa shape index (κ3) is 2.80. The summed E-state index contributed by atoms with van der Waals surface area (Å²) >= 11 is 0. The van der Waals surface area contributed by atoms with E-state index in [9.17, 15) is 22.0 Å². The maximum absolute atomic E-state index is 14.4. The molecule has 8 heteroatoms. The van der Waals surface area contributed by atoms with E-state index in [0.29, 0.717) is 17.5 Å². The summed E-state index contributed by atoms with van der Waals surface area (Å²) in [7, 11) is -2.74. The van der Waals surface area contributed by atoms with Crippen molar-refractivity contribution in [3.8, 4) is 17.0 Å². The Labute approximate surface area is 160 Å². The van der Waals surface area contributed by atoms with Gasteiger partial charge in [0.15, 0.2) is 5.78 Å². The summed E-state index contributed by atoms with van der Waals surface area (Å²) in [6, 6.07) is 10.1. The van der Waals surface area contributed by atoms with Crippen molar-refractivity contribution in [3.05, 3.63) is 71.4 Å². The van der Waals surface area contributed by atoms with E-state index < -0.39 is 21.7 Å². The van der Waals surface area contributed by atoms with Crippen LogP contribution in [0, 0.1) is 11.6 Å². The van der Waals surface area contributed by atoms with Crippen LogP contribution in [0.25, 0.3) is 11.3 Å². The molecule has 4 rings (SSSR count). The summed E-state index contributed by atoms with van der Waals surface area (Å²) in [5.41, 5.74) is 0.421. The lowest BCUT2D eigenvalue weighted by atomic mass is 10.1. The first-order valence-corrected chi connectivity index (χ1v) is 9.90. The highest BCUT2D eigenvalue weighted by Gasteiger charge is 2.33. The number of ketones is 1. The van der Waals surface area contributed by atoms with Gasteiger partial charge in [0.05, 0.1) is 17.7 Å². The number of halogens is 2. The van der Waals surface area contributed by atoms with E-state index in [2.05, 4.69) is 0 Å². The molecule has 0 amide bonds. The van der Waals surface area contributed by atoms with Gasteiger partial charge in [-0.25, -0.2) is 21.2 Å². The summed E-state index contributed by atoms with van der Waals surface area (Å²) in [6.45, 7) is 0. The zero-order valence-corrected chi connectivity index (χ0v) is 15.6. The Hall–Kier alpha value is -3.00. The van der Waals surface area contributed by atoms with Gasteiger partial charge in [-0.05, 0) is 36.8 Å². The van der Waals surface area contributed by atoms with Crippen molar-refractivity contribution in [2.75, 3.05) is 7.11 Å². The Morgan fingerprint density at radius 1 is 1.00 bits per heavy atom. The van der Waals surface area contributed by atoms with Gasteiger partial charge in [0.2, 0.25) is 0 Å².